The standard InChI is InChI=1S/C8H8F2O3S/c9-8(10,7(11)12)5-13-4-6-2-1-3-14-6/h1-3H,4-5H2,(H,11,12). The molecule has 0 amide bonds. The lowest BCUT2D eigenvalue weighted by Gasteiger charge is -2.10. The number of thiophene rings is 1. The average molecular weight is 222 g/mol. The Morgan fingerprint density at radius 3 is 2.86 bits per heavy atom. The highest BCUT2D eigenvalue weighted by atomic mass is 32.1. The molecule has 6 heteroatoms. The van der Waals surface area contributed by atoms with Crippen molar-refractivity contribution in [2.24, 2.45) is 0 Å². The van der Waals surface area contributed by atoms with Gasteiger partial charge in [-0.2, -0.15) is 8.78 Å². The van der Waals surface area contributed by atoms with Gasteiger partial charge in [-0.15, -0.1) is 11.3 Å². The number of carbonyl (C=O) groups is 1. The van der Waals surface area contributed by atoms with Gasteiger partial charge in [-0.25, -0.2) is 4.79 Å². The quantitative estimate of drug-likeness (QED) is 0.828. The van der Waals surface area contributed by atoms with Gasteiger partial charge in [0, 0.05) is 4.88 Å². The van der Waals surface area contributed by atoms with Crippen LogP contribution in [0.5, 0.6) is 0 Å². The maximum Gasteiger partial charge on any atom is 0.377 e. The molecule has 1 aromatic heterocycles. The Morgan fingerprint density at radius 2 is 2.36 bits per heavy atom. The lowest BCUT2D eigenvalue weighted by molar-refractivity contribution is -0.174. The normalized spacial score (nSPS) is 11.6. The molecule has 1 heterocycles. The van der Waals surface area contributed by atoms with Crippen molar-refractivity contribution in [3.63, 3.8) is 0 Å². The molecule has 0 saturated heterocycles. The summed E-state index contributed by atoms with van der Waals surface area (Å²) in [6.07, 6.45) is 0. The second-order valence-electron chi connectivity index (χ2n) is 2.58. The van der Waals surface area contributed by atoms with E-state index in [-0.39, 0.29) is 6.61 Å². The molecule has 1 rings (SSSR count). The van der Waals surface area contributed by atoms with Gasteiger partial charge in [0.15, 0.2) is 0 Å². The summed E-state index contributed by atoms with van der Waals surface area (Å²) in [6.45, 7) is -1.08. The zero-order valence-corrected chi connectivity index (χ0v) is 7.89. The Morgan fingerprint density at radius 1 is 1.64 bits per heavy atom. The van der Waals surface area contributed by atoms with Crippen LogP contribution in [-0.4, -0.2) is 23.6 Å². The van der Waals surface area contributed by atoms with Crippen molar-refractivity contribution >= 4 is 17.3 Å². The second-order valence-corrected chi connectivity index (χ2v) is 3.61. The Kier molecular flexibility index (Phi) is 3.54. The number of carboxylic acids is 1. The van der Waals surface area contributed by atoms with Gasteiger partial charge in [0.1, 0.15) is 6.61 Å². The van der Waals surface area contributed by atoms with E-state index in [4.69, 9.17) is 5.11 Å². The number of hydrogen-bond donors (Lipinski definition) is 1. The van der Waals surface area contributed by atoms with Crippen LogP contribution in [0.15, 0.2) is 17.5 Å². The van der Waals surface area contributed by atoms with Gasteiger partial charge in [-0.3, -0.25) is 0 Å². The fourth-order valence-electron chi connectivity index (χ4n) is 0.736. The molecule has 0 bridgehead atoms. The molecule has 0 aromatic carbocycles. The molecule has 0 unspecified atom stereocenters. The van der Waals surface area contributed by atoms with Gasteiger partial charge in [-0.1, -0.05) is 6.07 Å². The van der Waals surface area contributed by atoms with Crippen LogP contribution in [0.2, 0.25) is 0 Å². The molecule has 0 aliphatic rings. The van der Waals surface area contributed by atoms with Crippen molar-refractivity contribution in [3.8, 4) is 0 Å². The minimum Gasteiger partial charge on any atom is -0.477 e. The molecule has 0 atom stereocenters. The van der Waals surface area contributed by atoms with E-state index < -0.39 is 18.5 Å². The summed E-state index contributed by atoms with van der Waals surface area (Å²) in [5, 5.41) is 9.86. The summed E-state index contributed by atoms with van der Waals surface area (Å²) in [4.78, 5) is 10.8. The molecular formula is C8H8F2O3S. The van der Waals surface area contributed by atoms with Crippen molar-refractivity contribution in [2.75, 3.05) is 6.61 Å². The molecule has 0 aliphatic carbocycles. The molecule has 0 fully saturated rings. The van der Waals surface area contributed by atoms with E-state index in [1.165, 1.54) is 11.3 Å². The number of ether oxygens (including phenoxy) is 1. The van der Waals surface area contributed by atoms with E-state index in [0.29, 0.717) is 0 Å². The summed E-state index contributed by atoms with van der Waals surface area (Å²) < 4.78 is 29.5. The predicted molar refractivity (Wildman–Crippen MR) is 46.6 cm³/mol. The Balaban J connectivity index is 2.31. The first-order chi connectivity index (χ1) is 6.52. The van der Waals surface area contributed by atoms with E-state index in [0.717, 1.165) is 4.88 Å². The first kappa shape index (κ1) is 11.1. The Hall–Kier alpha value is -1.01. The molecule has 0 saturated carbocycles. The summed E-state index contributed by atoms with van der Waals surface area (Å²) >= 11 is 1.36. The zero-order valence-electron chi connectivity index (χ0n) is 7.07. The van der Waals surface area contributed by atoms with Gasteiger partial charge < -0.3 is 9.84 Å². The first-order valence-electron chi connectivity index (χ1n) is 3.74. The predicted octanol–water partition coefficient (Wildman–Crippen LogP) is 1.98. The van der Waals surface area contributed by atoms with Gasteiger partial charge in [0.05, 0.1) is 6.61 Å². The van der Waals surface area contributed by atoms with Gasteiger partial charge in [0.25, 0.3) is 0 Å². The van der Waals surface area contributed by atoms with Crippen LogP contribution in [0.3, 0.4) is 0 Å². The van der Waals surface area contributed by atoms with Crippen LogP contribution in [0.25, 0.3) is 0 Å². The molecule has 3 nitrogen and oxygen atoms in total. The number of aliphatic carboxylic acids is 1. The third-order valence-electron chi connectivity index (χ3n) is 1.42. The van der Waals surface area contributed by atoms with Crippen molar-refractivity contribution in [3.05, 3.63) is 22.4 Å². The van der Waals surface area contributed by atoms with Crippen molar-refractivity contribution < 1.29 is 23.4 Å². The minimum absolute atomic E-state index is 0.0144. The lowest BCUT2D eigenvalue weighted by Crippen LogP contribution is -2.33. The molecule has 1 N–H and O–H groups in total. The average Bonchev–Trinajstić information content (AvgIpc) is 2.56. The summed E-state index contributed by atoms with van der Waals surface area (Å²) in [5.41, 5.74) is 0. The fraction of sp³-hybridized carbons (Fsp3) is 0.375. The monoisotopic (exact) mass is 222 g/mol. The Bertz CT molecular complexity index is 298. The van der Waals surface area contributed by atoms with Crippen LogP contribution in [-0.2, 0) is 16.1 Å². The highest BCUT2D eigenvalue weighted by Crippen LogP contribution is 2.16. The van der Waals surface area contributed by atoms with Crippen molar-refractivity contribution in [1.29, 1.82) is 0 Å². The number of hydrogen-bond acceptors (Lipinski definition) is 3. The Labute approximate surface area is 82.9 Å². The third kappa shape index (κ3) is 3.04. The number of alkyl halides is 2. The zero-order chi connectivity index (χ0) is 10.6. The highest BCUT2D eigenvalue weighted by Gasteiger charge is 2.39. The van der Waals surface area contributed by atoms with Crippen molar-refractivity contribution in [2.45, 2.75) is 12.5 Å². The number of halogens is 2. The maximum atomic E-state index is 12.5. The van der Waals surface area contributed by atoms with Gasteiger partial charge >= 0.3 is 11.9 Å². The largest absolute Gasteiger partial charge is 0.477 e. The summed E-state index contributed by atoms with van der Waals surface area (Å²) in [5.74, 6) is -5.97. The molecule has 0 radical (unpaired) electrons. The minimum atomic E-state index is -3.81. The topological polar surface area (TPSA) is 46.5 Å². The number of carboxylic acid groups (broad SMARTS) is 1. The van der Waals surface area contributed by atoms with E-state index in [1.54, 1.807) is 17.5 Å². The van der Waals surface area contributed by atoms with Crippen LogP contribution in [0, 0.1) is 0 Å². The van der Waals surface area contributed by atoms with E-state index in [1.807, 2.05) is 0 Å². The van der Waals surface area contributed by atoms with E-state index in [9.17, 15) is 13.6 Å². The fourth-order valence-corrected chi connectivity index (χ4v) is 1.38. The van der Waals surface area contributed by atoms with Crippen LogP contribution >= 0.6 is 11.3 Å². The molecule has 0 aliphatic heterocycles. The molecule has 14 heavy (non-hydrogen) atoms. The molecule has 1 aromatic rings. The SMILES string of the molecule is O=C(O)C(F)(F)COCc1cccs1. The number of rotatable bonds is 5. The van der Waals surface area contributed by atoms with Crippen LogP contribution < -0.4 is 0 Å². The molecule has 0 spiro atoms. The maximum absolute atomic E-state index is 12.5. The van der Waals surface area contributed by atoms with Gasteiger partial charge in [-0.05, 0) is 11.4 Å². The van der Waals surface area contributed by atoms with E-state index >= 15 is 0 Å². The van der Waals surface area contributed by atoms with Crippen LogP contribution in [0.4, 0.5) is 8.78 Å². The highest BCUT2D eigenvalue weighted by molar-refractivity contribution is 7.09. The van der Waals surface area contributed by atoms with Crippen molar-refractivity contribution in [1.82, 2.24) is 0 Å². The molecule has 78 valence electrons. The first-order valence-corrected chi connectivity index (χ1v) is 4.61. The van der Waals surface area contributed by atoms with Gasteiger partial charge in [0.2, 0.25) is 0 Å². The summed E-state index contributed by atoms with van der Waals surface area (Å²) in [7, 11) is 0. The second kappa shape index (κ2) is 4.47. The lowest BCUT2D eigenvalue weighted by atomic mass is 10.4. The molecular weight excluding hydrogens is 214 g/mol. The van der Waals surface area contributed by atoms with E-state index in [2.05, 4.69) is 4.74 Å². The van der Waals surface area contributed by atoms with Crippen LogP contribution in [0.1, 0.15) is 4.88 Å². The summed E-state index contributed by atoms with van der Waals surface area (Å²) in [6, 6.07) is 3.49. The smallest absolute Gasteiger partial charge is 0.377 e. The third-order valence-corrected chi connectivity index (χ3v) is 2.27.